The number of hydrogen-bond donors (Lipinski definition) is 1. The van der Waals surface area contributed by atoms with Crippen molar-refractivity contribution in [2.45, 2.75) is 26.7 Å². The summed E-state index contributed by atoms with van der Waals surface area (Å²) >= 11 is 6.25. The molecule has 4 rings (SSSR count). The lowest BCUT2D eigenvalue weighted by Gasteiger charge is -2.17. The lowest BCUT2D eigenvalue weighted by Crippen LogP contribution is -2.23. The first-order valence-corrected chi connectivity index (χ1v) is 10.6. The van der Waals surface area contributed by atoms with Crippen molar-refractivity contribution in [3.63, 3.8) is 0 Å². The molecule has 1 aromatic heterocycles. The fourth-order valence-electron chi connectivity index (χ4n) is 3.76. The lowest BCUT2D eigenvalue weighted by atomic mass is 10.1. The number of benzene rings is 2. The Morgan fingerprint density at radius 3 is 2.56 bits per heavy atom. The van der Waals surface area contributed by atoms with Gasteiger partial charge in [0, 0.05) is 36.0 Å². The van der Waals surface area contributed by atoms with Crippen LogP contribution < -0.4 is 10.2 Å². The van der Waals surface area contributed by atoms with Crippen LogP contribution in [-0.2, 0) is 9.59 Å². The van der Waals surface area contributed by atoms with Gasteiger partial charge in [0.05, 0.1) is 22.1 Å². The SMILES string of the molecule is Cc1nn(-c2ccc(F)cc2)c(C)c1/C=C/C(=O)Nc1cc(N2CCCC2=O)ccc1Cl. The van der Waals surface area contributed by atoms with Gasteiger partial charge in [-0.2, -0.15) is 5.10 Å². The highest BCUT2D eigenvalue weighted by Crippen LogP contribution is 2.30. The number of aromatic nitrogens is 2. The first kappa shape index (κ1) is 21.8. The Morgan fingerprint density at radius 2 is 1.88 bits per heavy atom. The summed E-state index contributed by atoms with van der Waals surface area (Å²) in [4.78, 5) is 26.3. The fraction of sp³-hybridized carbons (Fsp3) is 0.208. The highest BCUT2D eigenvalue weighted by atomic mass is 35.5. The van der Waals surface area contributed by atoms with Crippen molar-refractivity contribution in [3.05, 3.63) is 76.3 Å². The molecule has 8 heteroatoms. The summed E-state index contributed by atoms with van der Waals surface area (Å²) in [6.07, 6.45) is 4.44. The van der Waals surface area contributed by atoms with Gasteiger partial charge in [-0.3, -0.25) is 9.59 Å². The van der Waals surface area contributed by atoms with Gasteiger partial charge < -0.3 is 10.2 Å². The summed E-state index contributed by atoms with van der Waals surface area (Å²) in [5.41, 5.74) is 4.25. The third kappa shape index (κ3) is 4.43. The van der Waals surface area contributed by atoms with Gasteiger partial charge in [0.1, 0.15) is 5.82 Å². The van der Waals surface area contributed by atoms with Crippen molar-refractivity contribution in [2.24, 2.45) is 0 Å². The molecule has 1 aliphatic heterocycles. The van der Waals surface area contributed by atoms with Crippen molar-refractivity contribution in [2.75, 3.05) is 16.8 Å². The molecule has 2 aromatic carbocycles. The summed E-state index contributed by atoms with van der Waals surface area (Å²) in [5.74, 6) is -0.609. The normalized spacial score (nSPS) is 13.9. The quantitative estimate of drug-likeness (QED) is 0.550. The number of anilines is 2. The van der Waals surface area contributed by atoms with Gasteiger partial charge in [0.15, 0.2) is 0 Å². The van der Waals surface area contributed by atoms with Crippen LogP contribution >= 0.6 is 11.6 Å². The summed E-state index contributed by atoms with van der Waals surface area (Å²) < 4.78 is 14.9. The molecule has 6 nitrogen and oxygen atoms in total. The number of nitrogens with one attached hydrogen (secondary N) is 1. The maximum absolute atomic E-state index is 13.2. The molecule has 1 fully saturated rings. The molecule has 32 heavy (non-hydrogen) atoms. The van der Waals surface area contributed by atoms with Gasteiger partial charge in [-0.1, -0.05) is 11.6 Å². The van der Waals surface area contributed by atoms with Crippen LogP contribution in [0.5, 0.6) is 0 Å². The van der Waals surface area contributed by atoms with Crippen LogP contribution in [-0.4, -0.2) is 28.1 Å². The molecule has 0 atom stereocenters. The minimum Gasteiger partial charge on any atom is -0.321 e. The van der Waals surface area contributed by atoms with Crippen LogP contribution in [0.1, 0.15) is 29.8 Å². The lowest BCUT2D eigenvalue weighted by molar-refractivity contribution is -0.117. The molecule has 0 bridgehead atoms. The average molecular weight is 453 g/mol. The summed E-state index contributed by atoms with van der Waals surface area (Å²) in [7, 11) is 0. The molecule has 164 valence electrons. The molecular weight excluding hydrogens is 431 g/mol. The first-order valence-electron chi connectivity index (χ1n) is 10.2. The van der Waals surface area contributed by atoms with Gasteiger partial charge in [-0.25, -0.2) is 9.07 Å². The summed E-state index contributed by atoms with van der Waals surface area (Å²) in [6.45, 7) is 4.39. The van der Waals surface area contributed by atoms with Gasteiger partial charge in [-0.15, -0.1) is 0 Å². The fourth-order valence-corrected chi connectivity index (χ4v) is 3.93. The van der Waals surface area contributed by atoms with E-state index < -0.39 is 0 Å². The Morgan fingerprint density at radius 1 is 1.16 bits per heavy atom. The van der Waals surface area contributed by atoms with Gasteiger partial charge in [0.2, 0.25) is 11.8 Å². The summed E-state index contributed by atoms with van der Waals surface area (Å²) in [6, 6.07) is 11.2. The number of carbonyl (C=O) groups is 2. The second-order valence-electron chi connectivity index (χ2n) is 7.61. The van der Waals surface area contributed by atoms with E-state index >= 15 is 0 Å². The molecule has 0 spiro atoms. The average Bonchev–Trinajstić information content (AvgIpc) is 3.31. The molecule has 1 saturated heterocycles. The Hall–Kier alpha value is -3.45. The third-order valence-electron chi connectivity index (χ3n) is 5.41. The van der Waals surface area contributed by atoms with Crippen molar-refractivity contribution in [3.8, 4) is 5.69 Å². The largest absolute Gasteiger partial charge is 0.321 e. The second kappa shape index (κ2) is 8.96. The van der Waals surface area contributed by atoms with E-state index in [0.29, 0.717) is 29.4 Å². The molecule has 2 amide bonds. The van der Waals surface area contributed by atoms with E-state index in [0.717, 1.165) is 29.1 Å². The zero-order valence-corrected chi connectivity index (χ0v) is 18.5. The van der Waals surface area contributed by atoms with Crippen molar-refractivity contribution in [1.29, 1.82) is 0 Å². The topological polar surface area (TPSA) is 67.2 Å². The maximum atomic E-state index is 13.2. The molecule has 0 saturated carbocycles. The van der Waals surface area contributed by atoms with Crippen LogP contribution in [0.15, 0.2) is 48.5 Å². The van der Waals surface area contributed by atoms with Crippen LogP contribution in [0.2, 0.25) is 5.02 Å². The van der Waals surface area contributed by atoms with Crippen molar-refractivity contribution in [1.82, 2.24) is 9.78 Å². The summed E-state index contributed by atoms with van der Waals surface area (Å²) in [5, 5.41) is 7.67. The van der Waals surface area contributed by atoms with Crippen LogP contribution in [0.25, 0.3) is 11.8 Å². The molecule has 1 aliphatic rings. The number of amides is 2. The smallest absolute Gasteiger partial charge is 0.248 e. The van der Waals surface area contributed by atoms with Crippen LogP contribution in [0.3, 0.4) is 0 Å². The molecule has 3 aromatic rings. The Bertz CT molecular complexity index is 1220. The van der Waals surface area contributed by atoms with E-state index in [1.54, 1.807) is 46.0 Å². The predicted octanol–water partition coefficient (Wildman–Crippen LogP) is 5.06. The zero-order chi connectivity index (χ0) is 22.8. The zero-order valence-electron chi connectivity index (χ0n) is 17.7. The minimum atomic E-state index is -0.356. The highest BCUT2D eigenvalue weighted by molar-refractivity contribution is 6.34. The van der Waals surface area contributed by atoms with E-state index in [-0.39, 0.29) is 17.6 Å². The molecule has 0 unspecified atom stereocenters. The van der Waals surface area contributed by atoms with E-state index in [9.17, 15) is 14.0 Å². The van der Waals surface area contributed by atoms with Gasteiger partial charge in [-0.05, 0) is 68.8 Å². The van der Waals surface area contributed by atoms with Crippen LogP contribution in [0, 0.1) is 19.7 Å². The number of halogens is 2. The predicted molar refractivity (Wildman–Crippen MR) is 124 cm³/mol. The van der Waals surface area contributed by atoms with E-state index in [4.69, 9.17) is 11.6 Å². The van der Waals surface area contributed by atoms with Gasteiger partial charge in [0.25, 0.3) is 0 Å². The Kier molecular flexibility index (Phi) is 6.10. The van der Waals surface area contributed by atoms with E-state index in [2.05, 4.69) is 10.4 Å². The Labute approximate surface area is 190 Å². The number of carbonyl (C=O) groups excluding carboxylic acids is 2. The van der Waals surface area contributed by atoms with Gasteiger partial charge >= 0.3 is 0 Å². The number of nitrogens with zero attached hydrogens (tertiary/aromatic N) is 3. The highest BCUT2D eigenvalue weighted by Gasteiger charge is 2.22. The number of aryl methyl sites for hydroxylation is 1. The number of rotatable bonds is 5. The second-order valence-corrected chi connectivity index (χ2v) is 8.02. The molecule has 0 aliphatic carbocycles. The molecular formula is C24H22ClFN4O2. The molecule has 0 radical (unpaired) electrons. The van der Waals surface area contributed by atoms with Crippen LogP contribution in [0.4, 0.5) is 15.8 Å². The maximum Gasteiger partial charge on any atom is 0.248 e. The standard InChI is InChI=1S/C24H22ClFN4O2/c1-15-20(16(2)30(28-15)18-7-5-17(26)6-8-18)10-12-23(31)27-22-14-19(9-11-21(22)25)29-13-3-4-24(29)32/h5-12,14H,3-4,13H2,1-2H3,(H,27,31)/b12-10+. The van der Waals surface area contributed by atoms with Crippen molar-refractivity contribution < 1.29 is 14.0 Å². The first-order chi connectivity index (χ1) is 15.3. The van der Waals surface area contributed by atoms with Crippen molar-refractivity contribution >= 4 is 40.9 Å². The third-order valence-corrected chi connectivity index (χ3v) is 5.74. The molecule has 1 N–H and O–H groups in total. The Balaban J connectivity index is 1.52. The van der Waals surface area contributed by atoms with E-state index in [1.165, 1.54) is 18.2 Å². The monoisotopic (exact) mass is 452 g/mol. The molecule has 2 heterocycles. The number of hydrogen-bond acceptors (Lipinski definition) is 3. The minimum absolute atomic E-state index is 0.0635. The van der Waals surface area contributed by atoms with E-state index in [1.807, 2.05) is 13.8 Å².